The Morgan fingerprint density at radius 1 is 1.18 bits per heavy atom. The Morgan fingerprint density at radius 3 is 2.59 bits per heavy atom. The SMILES string of the molecule is COc1ccc2ncc(CN)c([C@@H](O)CCC3(C(=O)O)CCN(CCCc4cc(F)cc(F)c4F)CC3)c2c1. The molecule has 1 saturated heterocycles. The second kappa shape index (κ2) is 12.3. The summed E-state index contributed by atoms with van der Waals surface area (Å²) in [5, 5.41) is 22.1. The van der Waals surface area contributed by atoms with Gasteiger partial charge in [0, 0.05) is 24.2 Å². The molecule has 1 fully saturated rings. The number of carboxylic acid groups (broad SMARTS) is 1. The summed E-state index contributed by atoms with van der Waals surface area (Å²) in [6, 6.07) is 6.92. The van der Waals surface area contributed by atoms with Crippen molar-refractivity contribution in [2.45, 2.75) is 51.2 Å². The number of aliphatic hydroxyl groups is 1. The van der Waals surface area contributed by atoms with Crippen LogP contribution in [0.1, 0.15) is 54.9 Å². The average Bonchev–Trinajstić information content (AvgIpc) is 2.93. The van der Waals surface area contributed by atoms with Crippen molar-refractivity contribution in [3.05, 3.63) is 70.7 Å². The van der Waals surface area contributed by atoms with E-state index < -0.39 is 34.9 Å². The number of carbonyl (C=O) groups is 1. The number of carboxylic acids is 1. The van der Waals surface area contributed by atoms with Gasteiger partial charge in [-0.1, -0.05) is 0 Å². The first-order valence-electron chi connectivity index (χ1n) is 13.1. The molecule has 4 rings (SSSR count). The fraction of sp³-hybridized carbons (Fsp3) is 0.448. The lowest BCUT2D eigenvalue weighted by Crippen LogP contribution is -2.44. The lowest BCUT2D eigenvalue weighted by atomic mass is 9.73. The van der Waals surface area contributed by atoms with E-state index in [0.29, 0.717) is 67.4 Å². The molecular formula is C29H34F3N3O4. The second-order valence-corrected chi connectivity index (χ2v) is 10.2. The number of halogens is 3. The minimum absolute atomic E-state index is 0.00326. The van der Waals surface area contributed by atoms with Crippen molar-refractivity contribution in [3.8, 4) is 5.75 Å². The topological polar surface area (TPSA) is 109 Å². The summed E-state index contributed by atoms with van der Waals surface area (Å²) in [6.07, 6.45) is 2.68. The zero-order chi connectivity index (χ0) is 28.2. The van der Waals surface area contributed by atoms with Crippen molar-refractivity contribution in [1.29, 1.82) is 0 Å². The largest absolute Gasteiger partial charge is 0.497 e. The molecule has 0 bridgehead atoms. The molecule has 10 heteroatoms. The van der Waals surface area contributed by atoms with Crippen LogP contribution in [-0.4, -0.2) is 52.8 Å². The molecule has 1 aliphatic heterocycles. The van der Waals surface area contributed by atoms with Crippen molar-refractivity contribution in [2.75, 3.05) is 26.7 Å². The van der Waals surface area contributed by atoms with E-state index >= 15 is 0 Å². The zero-order valence-electron chi connectivity index (χ0n) is 21.9. The monoisotopic (exact) mass is 545 g/mol. The van der Waals surface area contributed by atoms with Gasteiger partial charge in [0.1, 0.15) is 11.6 Å². The van der Waals surface area contributed by atoms with E-state index in [1.807, 2.05) is 0 Å². The highest BCUT2D eigenvalue weighted by atomic mass is 19.2. The first-order chi connectivity index (χ1) is 18.7. The van der Waals surface area contributed by atoms with Gasteiger partial charge >= 0.3 is 5.97 Å². The third kappa shape index (κ3) is 6.34. The van der Waals surface area contributed by atoms with Crippen LogP contribution in [0.2, 0.25) is 0 Å². The first kappa shape index (κ1) is 28.8. The van der Waals surface area contributed by atoms with Crippen molar-refractivity contribution >= 4 is 16.9 Å². The van der Waals surface area contributed by atoms with Crippen molar-refractivity contribution < 1.29 is 32.9 Å². The molecule has 210 valence electrons. The molecule has 0 spiro atoms. The molecule has 1 aromatic heterocycles. The lowest BCUT2D eigenvalue weighted by molar-refractivity contribution is -0.153. The van der Waals surface area contributed by atoms with Crippen molar-refractivity contribution in [3.63, 3.8) is 0 Å². The van der Waals surface area contributed by atoms with Crippen molar-refractivity contribution in [2.24, 2.45) is 11.1 Å². The maximum atomic E-state index is 13.9. The number of aliphatic carboxylic acids is 1. The predicted octanol–water partition coefficient (Wildman–Crippen LogP) is 4.73. The van der Waals surface area contributed by atoms with E-state index in [2.05, 4.69) is 9.88 Å². The Balaban J connectivity index is 1.39. The lowest BCUT2D eigenvalue weighted by Gasteiger charge is -2.39. The number of ether oxygens (including phenoxy) is 1. The number of hydrogen-bond acceptors (Lipinski definition) is 6. The average molecular weight is 546 g/mol. The summed E-state index contributed by atoms with van der Waals surface area (Å²) < 4.78 is 46.2. The molecule has 0 radical (unpaired) electrons. The minimum atomic E-state index is -1.20. The zero-order valence-corrected chi connectivity index (χ0v) is 21.9. The Labute approximate surface area is 225 Å². The highest BCUT2D eigenvalue weighted by molar-refractivity contribution is 5.85. The number of nitrogens with two attached hydrogens (primary N) is 1. The molecule has 39 heavy (non-hydrogen) atoms. The summed E-state index contributed by atoms with van der Waals surface area (Å²) in [7, 11) is 1.56. The molecule has 0 aliphatic carbocycles. The number of likely N-dealkylation sites (tertiary alicyclic amines) is 1. The first-order valence-corrected chi connectivity index (χ1v) is 13.1. The minimum Gasteiger partial charge on any atom is -0.497 e. The molecule has 2 heterocycles. The van der Waals surface area contributed by atoms with E-state index in [1.54, 1.807) is 31.5 Å². The number of methoxy groups -OCH3 is 1. The van der Waals surface area contributed by atoms with Crippen LogP contribution < -0.4 is 10.5 Å². The number of piperidine rings is 1. The van der Waals surface area contributed by atoms with Gasteiger partial charge in [0.15, 0.2) is 11.6 Å². The molecular weight excluding hydrogens is 511 g/mol. The summed E-state index contributed by atoms with van der Waals surface area (Å²) in [5.41, 5.74) is 6.96. The Morgan fingerprint density at radius 2 is 1.92 bits per heavy atom. The molecule has 2 aromatic carbocycles. The van der Waals surface area contributed by atoms with Gasteiger partial charge in [-0.15, -0.1) is 0 Å². The van der Waals surface area contributed by atoms with Crippen LogP contribution in [-0.2, 0) is 17.8 Å². The molecule has 0 saturated carbocycles. The van der Waals surface area contributed by atoms with Gasteiger partial charge in [0.2, 0.25) is 0 Å². The standard InChI is InChI=1S/C29H34F3N3O4/c1-39-21-4-5-24-22(15-21)26(19(16-33)17-34-24)25(36)6-7-29(28(37)38)8-11-35(12-9-29)10-2-3-18-13-20(30)14-23(31)27(18)32/h4-5,13-15,17,25,36H,2-3,6-12,16,33H2,1H3,(H,37,38)/t25-/m0/s1. The fourth-order valence-corrected chi connectivity index (χ4v) is 5.53. The molecule has 1 aliphatic rings. The number of nitrogens with zero attached hydrogens (tertiary/aromatic N) is 2. The number of aliphatic hydroxyl groups excluding tert-OH is 1. The number of rotatable bonds is 11. The van der Waals surface area contributed by atoms with Gasteiger partial charge in [0.05, 0.1) is 24.1 Å². The Kier molecular flexibility index (Phi) is 9.09. The van der Waals surface area contributed by atoms with Gasteiger partial charge in [-0.3, -0.25) is 9.78 Å². The van der Waals surface area contributed by atoms with Crippen LogP contribution in [0.5, 0.6) is 5.75 Å². The maximum absolute atomic E-state index is 13.9. The fourth-order valence-electron chi connectivity index (χ4n) is 5.53. The smallest absolute Gasteiger partial charge is 0.309 e. The van der Waals surface area contributed by atoms with E-state index in [4.69, 9.17) is 10.5 Å². The molecule has 0 unspecified atom stereocenters. The van der Waals surface area contributed by atoms with Crippen LogP contribution in [0.3, 0.4) is 0 Å². The number of benzene rings is 2. The van der Waals surface area contributed by atoms with Gasteiger partial charge in [-0.05, 0) is 99.1 Å². The van der Waals surface area contributed by atoms with E-state index in [-0.39, 0.29) is 31.4 Å². The van der Waals surface area contributed by atoms with Crippen LogP contribution in [0.15, 0.2) is 36.5 Å². The third-order valence-corrected chi connectivity index (χ3v) is 7.90. The van der Waals surface area contributed by atoms with Crippen LogP contribution in [0.4, 0.5) is 13.2 Å². The van der Waals surface area contributed by atoms with E-state index in [1.165, 1.54) is 0 Å². The molecule has 4 N–H and O–H groups in total. The number of fused-ring (bicyclic) bond motifs is 1. The number of aromatic nitrogens is 1. The predicted molar refractivity (Wildman–Crippen MR) is 141 cm³/mol. The van der Waals surface area contributed by atoms with E-state index in [9.17, 15) is 28.2 Å². The van der Waals surface area contributed by atoms with Crippen LogP contribution >= 0.6 is 0 Å². The number of pyridine rings is 1. The normalized spacial score (nSPS) is 16.4. The van der Waals surface area contributed by atoms with Crippen LogP contribution in [0, 0.1) is 22.9 Å². The van der Waals surface area contributed by atoms with E-state index in [0.717, 1.165) is 11.5 Å². The highest BCUT2D eigenvalue weighted by Gasteiger charge is 2.41. The van der Waals surface area contributed by atoms with Crippen LogP contribution in [0.25, 0.3) is 10.9 Å². The molecule has 7 nitrogen and oxygen atoms in total. The van der Waals surface area contributed by atoms with Gasteiger partial charge < -0.3 is 25.6 Å². The van der Waals surface area contributed by atoms with Gasteiger partial charge in [-0.2, -0.15) is 0 Å². The highest BCUT2D eigenvalue weighted by Crippen LogP contribution is 2.40. The summed E-state index contributed by atoms with van der Waals surface area (Å²) in [6.45, 7) is 1.77. The molecule has 1 atom stereocenters. The maximum Gasteiger partial charge on any atom is 0.309 e. The molecule has 3 aromatic rings. The number of hydrogen-bond donors (Lipinski definition) is 3. The van der Waals surface area contributed by atoms with Gasteiger partial charge in [-0.25, -0.2) is 13.2 Å². The molecule has 0 amide bonds. The summed E-state index contributed by atoms with van der Waals surface area (Å²) in [4.78, 5) is 18.9. The van der Waals surface area contributed by atoms with Crippen molar-refractivity contribution in [1.82, 2.24) is 9.88 Å². The summed E-state index contributed by atoms with van der Waals surface area (Å²) in [5.74, 6) is -3.32. The second-order valence-electron chi connectivity index (χ2n) is 10.2. The third-order valence-electron chi connectivity index (χ3n) is 7.90. The Bertz CT molecular complexity index is 1320. The summed E-state index contributed by atoms with van der Waals surface area (Å²) >= 11 is 0. The quantitative estimate of drug-likeness (QED) is 0.299. The number of aryl methyl sites for hydroxylation is 1. The van der Waals surface area contributed by atoms with Gasteiger partial charge in [0.25, 0.3) is 0 Å². The Hall–Kier alpha value is -3.21.